The maximum Gasteiger partial charge on any atom is 0.0453 e. The predicted octanol–water partition coefficient (Wildman–Crippen LogP) is 2.29. The molecular formula is C12H19ClN2. The van der Waals surface area contributed by atoms with E-state index in [1.807, 2.05) is 27.1 Å². The summed E-state index contributed by atoms with van der Waals surface area (Å²) in [5, 5.41) is 0.835. The summed E-state index contributed by atoms with van der Waals surface area (Å²) in [5.41, 5.74) is 8.11. The fourth-order valence-electron chi connectivity index (χ4n) is 1.56. The first-order chi connectivity index (χ1) is 6.99. The van der Waals surface area contributed by atoms with Crippen LogP contribution in [0.1, 0.15) is 18.1 Å². The van der Waals surface area contributed by atoms with Gasteiger partial charge in [0.05, 0.1) is 0 Å². The van der Waals surface area contributed by atoms with Crippen molar-refractivity contribution in [1.29, 1.82) is 0 Å². The third-order valence-electron chi connectivity index (χ3n) is 2.16. The first kappa shape index (κ1) is 12.5. The highest BCUT2D eigenvalue weighted by Gasteiger charge is 2.04. The lowest BCUT2D eigenvalue weighted by Crippen LogP contribution is -2.18. The van der Waals surface area contributed by atoms with Gasteiger partial charge in [0.2, 0.25) is 0 Å². The van der Waals surface area contributed by atoms with Crippen LogP contribution in [0.2, 0.25) is 5.02 Å². The zero-order chi connectivity index (χ0) is 11.4. The molecular weight excluding hydrogens is 208 g/mol. The van der Waals surface area contributed by atoms with Crippen LogP contribution in [-0.4, -0.2) is 25.0 Å². The zero-order valence-corrected chi connectivity index (χ0v) is 10.4. The first-order valence-electron chi connectivity index (χ1n) is 5.16. The predicted molar refractivity (Wildman–Crippen MR) is 66.2 cm³/mol. The molecule has 84 valence electrons. The molecule has 1 rings (SSSR count). The van der Waals surface area contributed by atoms with Crippen molar-refractivity contribution < 1.29 is 0 Å². The summed E-state index contributed by atoms with van der Waals surface area (Å²) >= 11 is 6.19. The molecule has 0 radical (unpaired) electrons. The molecule has 0 heterocycles. The van der Waals surface area contributed by atoms with E-state index in [1.54, 1.807) is 0 Å². The van der Waals surface area contributed by atoms with E-state index in [9.17, 15) is 0 Å². The lowest BCUT2D eigenvalue weighted by atomic mass is 10.1. The molecule has 0 fully saturated rings. The van der Waals surface area contributed by atoms with Crippen LogP contribution in [0.3, 0.4) is 0 Å². The molecule has 1 atom stereocenters. The standard InChI is InChI=1S/C12H19ClN2/c1-9(14)6-10-4-5-11(8-15(2)3)12(13)7-10/h4-5,7,9H,6,8,14H2,1-3H3. The Balaban J connectivity index is 2.78. The molecule has 15 heavy (non-hydrogen) atoms. The van der Waals surface area contributed by atoms with Gasteiger partial charge in [0, 0.05) is 17.6 Å². The molecule has 0 saturated carbocycles. The normalized spacial score (nSPS) is 13.2. The van der Waals surface area contributed by atoms with Gasteiger partial charge in [0.15, 0.2) is 0 Å². The second-order valence-corrected chi connectivity index (χ2v) is 4.75. The van der Waals surface area contributed by atoms with Gasteiger partial charge >= 0.3 is 0 Å². The lowest BCUT2D eigenvalue weighted by Gasteiger charge is -2.13. The molecule has 0 bridgehead atoms. The molecule has 0 aliphatic heterocycles. The van der Waals surface area contributed by atoms with E-state index in [-0.39, 0.29) is 6.04 Å². The summed E-state index contributed by atoms with van der Waals surface area (Å²) < 4.78 is 0. The number of hydrogen-bond donors (Lipinski definition) is 1. The molecule has 0 aliphatic carbocycles. The Kier molecular flexibility index (Phi) is 4.58. The van der Waals surface area contributed by atoms with Crippen molar-refractivity contribution in [2.75, 3.05) is 14.1 Å². The Hall–Kier alpha value is -0.570. The van der Waals surface area contributed by atoms with Gasteiger partial charge in [-0.15, -0.1) is 0 Å². The molecule has 3 heteroatoms. The topological polar surface area (TPSA) is 29.3 Å². The van der Waals surface area contributed by atoms with Crippen molar-refractivity contribution in [3.05, 3.63) is 34.3 Å². The van der Waals surface area contributed by atoms with Gasteiger partial charge in [0.25, 0.3) is 0 Å². The van der Waals surface area contributed by atoms with Gasteiger partial charge < -0.3 is 10.6 Å². The van der Waals surface area contributed by atoms with E-state index < -0.39 is 0 Å². The van der Waals surface area contributed by atoms with Crippen LogP contribution < -0.4 is 5.73 Å². The van der Waals surface area contributed by atoms with Crippen molar-refractivity contribution in [3.63, 3.8) is 0 Å². The van der Waals surface area contributed by atoms with Gasteiger partial charge in [-0.05, 0) is 44.6 Å². The molecule has 0 spiro atoms. The average Bonchev–Trinajstić information content (AvgIpc) is 2.08. The first-order valence-corrected chi connectivity index (χ1v) is 5.54. The van der Waals surface area contributed by atoms with Crippen LogP contribution in [0.25, 0.3) is 0 Å². The molecule has 2 nitrogen and oxygen atoms in total. The van der Waals surface area contributed by atoms with Crippen LogP contribution >= 0.6 is 11.6 Å². The summed E-state index contributed by atoms with van der Waals surface area (Å²) in [7, 11) is 4.07. The number of nitrogens with zero attached hydrogens (tertiary/aromatic N) is 1. The number of nitrogens with two attached hydrogens (primary N) is 1. The van der Waals surface area contributed by atoms with E-state index in [1.165, 1.54) is 5.56 Å². The Labute approximate surface area is 97.0 Å². The third-order valence-corrected chi connectivity index (χ3v) is 2.51. The summed E-state index contributed by atoms with van der Waals surface area (Å²) in [6.45, 7) is 2.87. The van der Waals surface area contributed by atoms with Gasteiger partial charge in [-0.2, -0.15) is 0 Å². The van der Waals surface area contributed by atoms with Crippen molar-refractivity contribution in [1.82, 2.24) is 4.90 Å². The molecule has 0 amide bonds. The number of hydrogen-bond acceptors (Lipinski definition) is 2. The average molecular weight is 227 g/mol. The van der Waals surface area contributed by atoms with Crippen LogP contribution in [0.15, 0.2) is 18.2 Å². The van der Waals surface area contributed by atoms with Crippen molar-refractivity contribution in [3.8, 4) is 0 Å². The van der Waals surface area contributed by atoms with E-state index >= 15 is 0 Å². The van der Waals surface area contributed by atoms with E-state index in [4.69, 9.17) is 17.3 Å². The maximum absolute atomic E-state index is 6.19. The van der Waals surface area contributed by atoms with Crippen LogP contribution in [0.4, 0.5) is 0 Å². The minimum Gasteiger partial charge on any atom is -0.328 e. The third kappa shape index (κ3) is 4.20. The maximum atomic E-state index is 6.19. The monoisotopic (exact) mass is 226 g/mol. The molecule has 1 aromatic rings. The number of benzene rings is 1. The molecule has 0 saturated heterocycles. The minimum absolute atomic E-state index is 0.181. The highest BCUT2D eigenvalue weighted by molar-refractivity contribution is 6.31. The molecule has 1 unspecified atom stereocenters. The van der Waals surface area contributed by atoms with E-state index in [0.29, 0.717) is 0 Å². The Morgan fingerprint density at radius 1 is 1.40 bits per heavy atom. The van der Waals surface area contributed by atoms with E-state index in [0.717, 1.165) is 23.6 Å². The smallest absolute Gasteiger partial charge is 0.0453 e. The molecule has 1 aromatic carbocycles. The highest BCUT2D eigenvalue weighted by Crippen LogP contribution is 2.19. The summed E-state index contributed by atoms with van der Waals surface area (Å²) in [6.07, 6.45) is 0.877. The Morgan fingerprint density at radius 3 is 2.53 bits per heavy atom. The Bertz CT molecular complexity index is 321. The quantitative estimate of drug-likeness (QED) is 0.854. The van der Waals surface area contributed by atoms with Crippen molar-refractivity contribution in [2.45, 2.75) is 25.9 Å². The molecule has 0 aromatic heterocycles. The largest absolute Gasteiger partial charge is 0.328 e. The molecule has 0 aliphatic rings. The van der Waals surface area contributed by atoms with Crippen LogP contribution in [0.5, 0.6) is 0 Å². The van der Waals surface area contributed by atoms with Crippen molar-refractivity contribution >= 4 is 11.6 Å². The second kappa shape index (κ2) is 5.50. The fourth-order valence-corrected chi connectivity index (χ4v) is 1.82. The SMILES string of the molecule is CC(N)Cc1ccc(CN(C)C)c(Cl)c1. The molecule has 2 N–H and O–H groups in total. The summed E-state index contributed by atoms with van der Waals surface area (Å²) in [6, 6.07) is 6.39. The fraction of sp³-hybridized carbons (Fsp3) is 0.500. The second-order valence-electron chi connectivity index (χ2n) is 4.34. The highest BCUT2D eigenvalue weighted by atomic mass is 35.5. The number of halogens is 1. The zero-order valence-electron chi connectivity index (χ0n) is 9.63. The van der Waals surface area contributed by atoms with Gasteiger partial charge in [-0.3, -0.25) is 0 Å². The van der Waals surface area contributed by atoms with Crippen molar-refractivity contribution in [2.24, 2.45) is 5.73 Å². The van der Waals surface area contributed by atoms with Crippen LogP contribution in [0, 0.1) is 0 Å². The van der Waals surface area contributed by atoms with Gasteiger partial charge in [0.1, 0.15) is 0 Å². The Morgan fingerprint density at radius 2 is 2.07 bits per heavy atom. The number of rotatable bonds is 4. The van der Waals surface area contributed by atoms with Gasteiger partial charge in [-0.1, -0.05) is 23.7 Å². The summed E-state index contributed by atoms with van der Waals surface area (Å²) in [4.78, 5) is 2.10. The minimum atomic E-state index is 0.181. The lowest BCUT2D eigenvalue weighted by molar-refractivity contribution is 0.402. The summed E-state index contributed by atoms with van der Waals surface area (Å²) in [5.74, 6) is 0. The van der Waals surface area contributed by atoms with E-state index in [2.05, 4.69) is 17.0 Å². The van der Waals surface area contributed by atoms with Crippen LogP contribution in [-0.2, 0) is 13.0 Å². The van der Waals surface area contributed by atoms with Gasteiger partial charge in [-0.25, -0.2) is 0 Å².